The zero-order valence-corrected chi connectivity index (χ0v) is 24.6. The van der Waals surface area contributed by atoms with Crippen molar-refractivity contribution in [2.45, 2.75) is 37.8 Å². The summed E-state index contributed by atoms with van der Waals surface area (Å²) in [6.45, 7) is 2.90. The van der Waals surface area contributed by atoms with Crippen LogP contribution in [-0.2, 0) is 22.4 Å². The molecule has 0 unspecified atom stereocenters. The van der Waals surface area contributed by atoms with E-state index in [9.17, 15) is 10.3 Å². The number of benzene rings is 4. The van der Waals surface area contributed by atoms with E-state index in [-0.39, 0.29) is 18.9 Å². The van der Waals surface area contributed by atoms with Crippen LogP contribution in [0.15, 0.2) is 113 Å². The van der Waals surface area contributed by atoms with E-state index < -0.39 is 11.6 Å². The Kier molecular flexibility index (Phi) is 9.92. The largest absolute Gasteiger partial charge is 0.494 e. The minimum absolute atomic E-state index is 0.0536. The Morgan fingerprint density at radius 3 is 2.45 bits per heavy atom. The highest BCUT2D eigenvalue weighted by Crippen LogP contribution is 2.45. The Labute approximate surface area is 256 Å². The predicted molar refractivity (Wildman–Crippen MR) is 170 cm³/mol. The van der Waals surface area contributed by atoms with Gasteiger partial charge in [-0.15, -0.1) is 0 Å². The molecule has 0 fully saturated rings. The van der Waals surface area contributed by atoms with E-state index in [1.54, 1.807) is 24.3 Å². The first kappa shape index (κ1) is 30.4. The van der Waals surface area contributed by atoms with Gasteiger partial charge in [0.05, 0.1) is 6.61 Å². The van der Waals surface area contributed by atoms with Crippen molar-refractivity contribution in [3.63, 3.8) is 0 Å². The number of nitrogens with one attached hydrogen (secondary N) is 1. The predicted octanol–water partition coefficient (Wildman–Crippen LogP) is 6.56. The smallest absolute Gasteiger partial charge is 0.252 e. The molecule has 1 aliphatic heterocycles. The Morgan fingerprint density at radius 2 is 1.73 bits per heavy atom. The van der Waals surface area contributed by atoms with Gasteiger partial charge in [-0.1, -0.05) is 89.5 Å². The van der Waals surface area contributed by atoms with Gasteiger partial charge in [-0.3, -0.25) is 4.79 Å². The van der Waals surface area contributed by atoms with E-state index in [4.69, 9.17) is 19.6 Å². The Hall–Kier alpha value is -5.11. The molecule has 1 heterocycles. The number of amides is 1. The molecule has 0 saturated carbocycles. The van der Waals surface area contributed by atoms with E-state index in [1.807, 2.05) is 61.5 Å². The molecule has 4 aromatic rings. The normalized spacial score (nSPS) is 17.2. The lowest BCUT2D eigenvalue weighted by molar-refractivity contribution is -0.128. The fourth-order valence-electron chi connectivity index (χ4n) is 5.24. The maximum Gasteiger partial charge on any atom is 0.252 e. The van der Waals surface area contributed by atoms with Crippen LogP contribution in [0.1, 0.15) is 40.3 Å². The van der Waals surface area contributed by atoms with E-state index >= 15 is 0 Å². The average molecular weight is 590 g/mol. The third-order valence-electron chi connectivity index (χ3n) is 7.54. The fourth-order valence-corrected chi connectivity index (χ4v) is 5.24. The molecule has 0 bridgehead atoms. The number of ether oxygens (including phenoxy) is 2. The minimum Gasteiger partial charge on any atom is -0.494 e. The second-order valence-electron chi connectivity index (χ2n) is 10.7. The minimum atomic E-state index is -1.40. The molecule has 1 aliphatic rings. The van der Waals surface area contributed by atoms with Crippen molar-refractivity contribution in [2.24, 2.45) is 10.1 Å². The van der Waals surface area contributed by atoms with Gasteiger partial charge < -0.3 is 19.9 Å². The van der Waals surface area contributed by atoms with E-state index in [1.165, 1.54) is 5.56 Å². The van der Waals surface area contributed by atoms with Crippen molar-refractivity contribution in [3.05, 3.63) is 141 Å². The molecule has 9 nitrogen and oxygen atoms in total. The molecule has 2 atom stereocenters. The molecule has 1 amide bonds. The SMILES string of the molecule is Cc1ccc(CCNC(=O)[C@]2(Cc3ccccc3)N=C(c3ccc(OCCCO)cc3)O[C@@H]2c2ccccc2N=[N+]=[N-])cc1. The van der Waals surface area contributed by atoms with Crippen molar-refractivity contribution in [3.8, 4) is 5.75 Å². The van der Waals surface area contributed by atoms with Crippen LogP contribution in [0.4, 0.5) is 5.69 Å². The highest BCUT2D eigenvalue weighted by atomic mass is 16.5. The molecule has 5 rings (SSSR count). The summed E-state index contributed by atoms with van der Waals surface area (Å²) >= 11 is 0. The van der Waals surface area contributed by atoms with Gasteiger partial charge in [-0.05, 0) is 54.3 Å². The lowest BCUT2D eigenvalue weighted by atomic mass is 9.81. The van der Waals surface area contributed by atoms with Crippen LogP contribution in [0.25, 0.3) is 10.4 Å². The zero-order valence-electron chi connectivity index (χ0n) is 24.6. The number of aryl methyl sites for hydroxylation is 1. The number of hydrogen-bond donors (Lipinski definition) is 2. The molecule has 44 heavy (non-hydrogen) atoms. The first-order valence-electron chi connectivity index (χ1n) is 14.6. The number of azide groups is 1. The maximum atomic E-state index is 14.4. The van der Waals surface area contributed by atoms with Crippen LogP contribution in [0.3, 0.4) is 0 Å². The van der Waals surface area contributed by atoms with Crippen LogP contribution in [0.5, 0.6) is 5.75 Å². The van der Waals surface area contributed by atoms with E-state index in [2.05, 4.69) is 39.6 Å². The first-order chi connectivity index (χ1) is 21.5. The van der Waals surface area contributed by atoms with Crippen LogP contribution in [-0.4, -0.2) is 42.2 Å². The van der Waals surface area contributed by atoms with Crippen molar-refractivity contribution in [1.82, 2.24) is 5.32 Å². The van der Waals surface area contributed by atoms with E-state index in [0.29, 0.717) is 54.5 Å². The van der Waals surface area contributed by atoms with Crippen molar-refractivity contribution in [1.29, 1.82) is 0 Å². The summed E-state index contributed by atoms with van der Waals surface area (Å²) in [6, 6.07) is 32.3. The molecule has 4 aromatic carbocycles. The lowest BCUT2D eigenvalue weighted by Crippen LogP contribution is -2.50. The number of hydrogen-bond acceptors (Lipinski definition) is 6. The molecule has 9 heteroatoms. The summed E-state index contributed by atoms with van der Waals surface area (Å²) < 4.78 is 12.3. The molecule has 2 N–H and O–H groups in total. The molecular formula is C35H35N5O4. The summed E-state index contributed by atoms with van der Waals surface area (Å²) in [6.07, 6.45) is 0.568. The monoisotopic (exact) mass is 589 g/mol. The van der Waals surface area contributed by atoms with Crippen LogP contribution >= 0.6 is 0 Å². The van der Waals surface area contributed by atoms with Gasteiger partial charge in [0.15, 0.2) is 11.6 Å². The number of carbonyl (C=O) groups is 1. The third-order valence-corrected chi connectivity index (χ3v) is 7.54. The molecule has 0 radical (unpaired) electrons. The van der Waals surface area contributed by atoms with Crippen molar-refractivity contribution in [2.75, 3.05) is 19.8 Å². The maximum absolute atomic E-state index is 14.4. The van der Waals surface area contributed by atoms with Gasteiger partial charge in [0, 0.05) is 47.7 Å². The van der Waals surface area contributed by atoms with Gasteiger partial charge >= 0.3 is 0 Å². The van der Waals surface area contributed by atoms with Gasteiger partial charge in [-0.2, -0.15) is 0 Å². The van der Waals surface area contributed by atoms with Gasteiger partial charge in [0.2, 0.25) is 5.90 Å². The summed E-state index contributed by atoms with van der Waals surface area (Å²) in [5, 5.41) is 16.1. The first-order valence-corrected chi connectivity index (χ1v) is 14.6. The van der Waals surface area contributed by atoms with E-state index in [0.717, 1.165) is 11.1 Å². The van der Waals surface area contributed by atoms with Gasteiger partial charge in [0.1, 0.15) is 5.75 Å². The van der Waals surface area contributed by atoms with Crippen LogP contribution in [0, 0.1) is 6.92 Å². The lowest BCUT2D eigenvalue weighted by Gasteiger charge is -2.31. The number of aliphatic imine (C=N–C) groups is 1. The summed E-state index contributed by atoms with van der Waals surface area (Å²) in [5.74, 6) is 0.667. The quantitative estimate of drug-likeness (QED) is 0.0792. The summed E-state index contributed by atoms with van der Waals surface area (Å²) in [7, 11) is 0. The third kappa shape index (κ3) is 7.09. The Balaban J connectivity index is 1.54. The number of nitrogens with zero attached hydrogens (tertiary/aromatic N) is 4. The molecule has 0 spiro atoms. The number of aliphatic hydroxyl groups excluding tert-OH is 1. The molecule has 224 valence electrons. The van der Waals surface area contributed by atoms with Crippen LogP contribution in [0.2, 0.25) is 0 Å². The van der Waals surface area contributed by atoms with Crippen LogP contribution < -0.4 is 10.1 Å². The molecule has 0 saturated heterocycles. The highest BCUT2D eigenvalue weighted by Gasteiger charge is 2.53. The molecular weight excluding hydrogens is 554 g/mol. The Morgan fingerprint density at radius 1 is 1.00 bits per heavy atom. The van der Waals surface area contributed by atoms with Gasteiger partial charge in [0.25, 0.3) is 5.91 Å². The molecule has 0 aromatic heterocycles. The fraction of sp³-hybridized carbons (Fsp3) is 0.257. The number of rotatable bonds is 13. The number of aliphatic hydroxyl groups is 1. The van der Waals surface area contributed by atoms with Crippen molar-refractivity contribution >= 4 is 17.5 Å². The Bertz CT molecular complexity index is 1630. The average Bonchev–Trinajstić information content (AvgIpc) is 3.43. The van der Waals surface area contributed by atoms with Crippen molar-refractivity contribution < 1.29 is 19.4 Å². The topological polar surface area (TPSA) is 129 Å². The zero-order chi connectivity index (χ0) is 30.8. The second-order valence-corrected chi connectivity index (χ2v) is 10.7. The summed E-state index contributed by atoms with van der Waals surface area (Å²) in [4.78, 5) is 22.5. The highest BCUT2D eigenvalue weighted by molar-refractivity contribution is 6.01. The molecule has 0 aliphatic carbocycles. The number of carbonyl (C=O) groups excluding carboxylic acids is 1. The standard InChI is InChI=1S/C35H35N5O4/c1-25-12-14-26(15-13-25)20-21-37-34(42)35(24-27-8-3-2-4-9-27)32(30-10-5-6-11-31(30)39-40-36)44-33(38-35)28-16-18-29(19-17-28)43-23-7-22-41/h2-6,8-19,32,41H,7,20-24H2,1H3,(H,37,42)/t32-,35-/m1/s1. The second kappa shape index (κ2) is 14.4. The van der Waals surface area contributed by atoms with Gasteiger partial charge in [-0.25, -0.2) is 4.99 Å². The summed E-state index contributed by atoms with van der Waals surface area (Å²) in [5.41, 5.74) is 12.7.